The number of hydrogen-bond acceptors (Lipinski definition) is 8. The highest BCUT2D eigenvalue weighted by atomic mass is 16.5. The number of anilines is 1. The number of carbonyl (C=O) groups is 2. The Bertz CT molecular complexity index is 1340. The highest BCUT2D eigenvalue weighted by molar-refractivity contribution is 5.98. The van der Waals surface area contributed by atoms with Crippen molar-refractivity contribution in [1.29, 1.82) is 5.26 Å². The van der Waals surface area contributed by atoms with Gasteiger partial charge in [-0.3, -0.25) is 14.5 Å². The molecule has 9 heteroatoms. The lowest BCUT2D eigenvalue weighted by atomic mass is 9.89. The van der Waals surface area contributed by atoms with Gasteiger partial charge in [0.15, 0.2) is 17.3 Å². The molecule has 0 unspecified atom stereocenters. The molecule has 2 aliphatic rings. The molecule has 3 aromatic rings. The van der Waals surface area contributed by atoms with Crippen LogP contribution in [-0.4, -0.2) is 66.1 Å². The van der Waals surface area contributed by atoms with Gasteiger partial charge in [0, 0.05) is 50.2 Å². The molecule has 40 heavy (non-hydrogen) atoms. The zero-order valence-corrected chi connectivity index (χ0v) is 22.8. The number of aromatic nitrogens is 2. The summed E-state index contributed by atoms with van der Waals surface area (Å²) in [6.45, 7) is 4.06. The molecule has 5 rings (SSSR count). The number of nitriles is 1. The third-order valence-corrected chi connectivity index (χ3v) is 7.86. The van der Waals surface area contributed by atoms with Crippen molar-refractivity contribution in [3.05, 3.63) is 83.0 Å². The lowest BCUT2D eigenvalue weighted by Gasteiger charge is -2.32. The van der Waals surface area contributed by atoms with Gasteiger partial charge < -0.3 is 15.0 Å². The highest BCUT2D eigenvalue weighted by Gasteiger charge is 2.27. The van der Waals surface area contributed by atoms with Crippen LogP contribution in [0.4, 0.5) is 5.82 Å². The second-order valence-corrected chi connectivity index (χ2v) is 10.5. The van der Waals surface area contributed by atoms with Gasteiger partial charge in [0.2, 0.25) is 0 Å². The molecule has 9 nitrogen and oxygen atoms in total. The van der Waals surface area contributed by atoms with Crippen molar-refractivity contribution < 1.29 is 14.3 Å². The summed E-state index contributed by atoms with van der Waals surface area (Å²) in [6, 6.07) is 20.8. The number of methoxy groups -OCH3 is 1. The third-order valence-electron chi connectivity index (χ3n) is 7.86. The van der Waals surface area contributed by atoms with Crippen molar-refractivity contribution in [1.82, 2.24) is 20.4 Å². The summed E-state index contributed by atoms with van der Waals surface area (Å²) >= 11 is 0. The van der Waals surface area contributed by atoms with Crippen molar-refractivity contribution in [2.24, 2.45) is 5.92 Å². The standard InChI is InChI=1S/C31H34N6O3/c1-40-27-8-6-24(7-9-27)30(38)25-12-18-37(19-13-25)29-11-10-28(34-35-29)31(39)33-26-14-16-36(17-15-26)21-23-4-2-22(20-32)3-5-23/h2-11,25-26H,12-19,21H2,1H3,(H,33,39). The number of ether oxygens (including phenoxy) is 1. The number of amides is 1. The first-order chi connectivity index (χ1) is 19.5. The fourth-order valence-electron chi connectivity index (χ4n) is 5.41. The molecular weight excluding hydrogens is 504 g/mol. The van der Waals surface area contributed by atoms with E-state index in [0.29, 0.717) is 29.9 Å². The molecule has 2 fully saturated rings. The monoisotopic (exact) mass is 538 g/mol. The quantitative estimate of drug-likeness (QED) is 0.431. The number of carbonyl (C=O) groups excluding carboxylic acids is 2. The first-order valence-electron chi connectivity index (χ1n) is 13.8. The van der Waals surface area contributed by atoms with Gasteiger partial charge in [0.1, 0.15) is 5.75 Å². The molecule has 0 bridgehead atoms. The van der Waals surface area contributed by atoms with Crippen LogP contribution in [0.5, 0.6) is 5.75 Å². The Kier molecular flexibility index (Phi) is 8.67. The Morgan fingerprint density at radius 3 is 2.23 bits per heavy atom. The number of rotatable bonds is 8. The Balaban J connectivity index is 1.06. The van der Waals surface area contributed by atoms with Crippen molar-refractivity contribution in [2.45, 2.75) is 38.3 Å². The van der Waals surface area contributed by atoms with Crippen molar-refractivity contribution in [3.8, 4) is 11.8 Å². The topological polar surface area (TPSA) is 111 Å². The summed E-state index contributed by atoms with van der Waals surface area (Å²) in [7, 11) is 1.61. The largest absolute Gasteiger partial charge is 0.497 e. The van der Waals surface area contributed by atoms with Crippen LogP contribution >= 0.6 is 0 Å². The zero-order valence-electron chi connectivity index (χ0n) is 22.8. The maximum absolute atomic E-state index is 12.9. The van der Waals surface area contributed by atoms with Gasteiger partial charge in [-0.15, -0.1) is 10.2 Å². The molecule has 206 valence electrons. The predicted octanol–water partition coefficient (Wildman–Crippen LogP) is 3.85. The van der Waals surface area contributed by atoms with Crippen LogP contribution < -0.4 is 15.0 Å². The lowest BCUT2D eigenvalue weighted by Crippen LogP contribution is -2.44. The van der Waals surface area contributed by atoms with Crippen molar-refractivity contribution in [2.75, 3.05) is 38.2 Å². The summed E-state index contributed by atoms with van der Waals surface area (Å²) in [5.41, 5.74) is 2.88. The molecule has 2 aromatic carbocycles. The normalized spacial score (nSPS) is 16.8. The average molecular weight is 539 g/mol. The van der Waals surface area contributed by atoms with E-state index in [2.05, 4.69) is 31.4 Å². The van der Waals surface area contributed by atoms with E-state index in [0.717, 1.165) is 56.9 Å². The first-order valence-corrected chi connectivity index (χ1v) is 13.8. The van der Waals surface area contributed by atoms with Crippen LogP contribution in [0.1, 0.15) is 57.7 Å². The highest BCUT2D eigenvalue weighted by Crippen LogP contribution is 2.25. The SMILES string of the molecule is COc1ccc(C(=O)C2CCN(c3ccc(C(=O)NC4CCN(Cc5ccc(C#N)cc5)CC4)nn3)CC2)cc1. The Morgan fingerprint density at radius 1 is 0.925 bits per heavy atom. The summed E-state index contributed by atoms with van der Waals surface area (Å²) in [5, 5.41) is 20.6. The van der Waals surface area contributed by atoms with E-state index in [4.69, 9.17) is 10.00 Å². The van der Waals surface area contributed by atoms with Crippen LogP contribution in [0.25, 0.3) is 0 Å². The van der Waals surface area contributed by atoms with E-state index in [1.165, 1.54) is 5.56 Å². The Hall–Kier alpha value is -4.29. The molecule has 0 radical (unpaired) electrons. The number of benzene rings is 2. The molecule has 0 atom stereocenters. The van der Waals surface area contributed by atoms with Gasteiger partial charge in [0.25, 0.3) is 5.91 Å². The predicted molar refractivity (Wildman–Crippen MR) is 151 cm³/mol. The van der Waals surface area contributed by atoms with Gasteiger partial charge in [-0.2, -0.15) is 5.26 Å². The second kappa shape index (κ2) is 12.7. The molecule has 3 heterocycles. The van der Waals surface area contributed by atoms with Crippen molar-refractivity contribution >= 4 is 17.5 Å². The minimum Gasteiger partial charge on any atom is -0.497 e. The zero-order chi connectivity index (χ0) is 27.9. The van der Waals surface area contributed by atoms with Gasteiger partial charge in [-0.05, 0) is 79.8 Å². The minimum absolute atomic E-state index is 0.0156. The number of nitrogens with zero attached hydrogens (tertiary/aromatic N) is 5. The Labute approximate surface area is 234 Å². The third kappa shape index (κ3) is 6.64. The summed E-state index contributed by atoms with van der Waals surface area (Å²) < 4.78 is 5.18. The fourth-order valence-corrected chi connectivity index (χ4v) is 5.41. The maximum atomic E-state index is 12.9. The number of nitrogens with one attached hydrogen (secondary N) is 1. The fraction of sp³-hybridized carbons (Fsp3) is 0.387. The van der Waals surface area contributed by atoms with Crippen LogP contribution in [0, 0.1) is 17.2 Å². The molecule has 2 aliphatic heterocycles. The molecule has 0 saturated carbocycles. The number of ketones is 1. The van der Waals surface area contributed by atoms with E-state index < -0.39 is 0 Å². The average Bonchev–Trinajstić information content (AvgIpc) is 3.02. The van der Waals surface area contributed by atoms with Gasteiger partial charge in [-0.25, -0.2) is 0 Å². The summed E-state index contributed by atoms with van der Waals surface area (Å²) in [5.74, 6) is 1.42. The number of hydrogen-bond donors (Lipinski definition) is 1. The molecule has 1 N–H and O–H groups in total. The van der Waals surface area contributed by atoms with Crippen LogP contribution in [0.15, 0.2) is 60.7 Å². The number of likely N-dealkylation sites (tertiary alicyclic amines) is 1. The molecule has 1 amide bonds. The molecular formula is C31H34N6O3. The van der Waals surface area contributed by atoms with Crippen LogP contribution in [-0.2, 0) is 6.54 Å². The maximum Gasteiger partial charge on any atom is 0.272 e. The van der Waals surface area contributed by atoms with E-state index in [-0.39, 0.29) is 23.7 Å². The van der Waals surface area contributed by atoms with E-state index >= 15 is 0 Å². The van der Waals surface area contributed by atoms with Gasteiger partial charge in [0.05, 0.1) is 18.7 Å². The molecule has 2 saturated heterocycles. The van der Waals surface area contributed by atoms with Crippen molar-refractivity contribution in [3.63, 3.8) is 0 Å². The molecule has 0 spiro atoms. The number of piperidine rings is 2. The lowest BCUT2D eigenvalue weighted by molar-refractivity contribution is 0.0892. The second-order valence-electron chi connectivity index (χ2n) is 10.5. The summed E-state index contributed by atoms with van der Waals surface area (Å²) in [6.07, 6.45) is 3.24. The van der Waals surface area contributed by atoms with Crippen LogP contribution in [0.3, 0.4) is 0 Å². The Morgan fingerprint density at radius 2 is 1.62 bits per heavy atom. The van der Waals surface area contributed by atoms with E-state index in [1.54, 1.807) is 13.2 Å². The van der Waals surface area contributed by atoms with Crippen LogP contribution in [0.2, 0.25) is 0 Å². The molecule has 0 aliphatic carbocycles. The smallest absolute Gasteiger partial charge is 0.272 e. The first kappa shape index (κ1) is 27.3. The molecule has 1 aromatic heterocycles. The number of Topliss-reactive ketones (excluding diaryl/α,β-unsaturated/α-hetero) is 1. The summed E-state index contributed by atoms with van der Waals surface area (Å²) in [4.78, 5) is 30.2. The minimum atomic E-state index is -0.201. The van der Waals surface area contributed by atoms with Gasteiger partial charge in [-0.1, -0.05) is 12.1 Å². The van der Waals surface area contributed by atoms with E-state index in [9.17, 15) is 9.59 Å². The van der Waals surface area contributed by atoms with E-state index in [1.807, 2.05) is 54.6 Å². The van der Waals surface area contributed by atoms with Gasteiger partial charge >= 0.3 is 0 Å².